The van der Waals surface area contributed by atoms with Crippen LogP contribution in [0.4, 0.5) is 18.4 Å². The first kappa shape index (κ1) is 101. The second kappa shape index (κ2) is 50.0. The quantitative estimate of drug-likeness (QED) is 0.0168. The number of ether oxygens (including phenoxy) is 10. The topological polar surface area (TPSA) is 353 Å². The number of benzene rings is 6. The van der Waals surface area contributed by atoms with E-state index in [0.717, 1.165) is 152 Å². The number of aromatic carboxylic acids is 1. The normalized spacial score (nSPS) is 16.9. The lowest BCUT2D eigenvalue weighted by atomic mass is 10.1. The molecule has 8 fully saturated rings. The molecular formula is C98H122F2N12O21. The average Bonchev–Trinajstić information content (AvgIpc) is 1.61. The number of fused-ring (bicyclic) bond motifs is 2. The second-order valence-electron chi connectivity index (χ2n) is 34.1. The molecule has 9 aromatic rings. The van der Waals surface area contributed by atoms with E-state index in [1.807, 2.05) is 77.9 Å². The molecule has 3 amide bonds. The predicted octanol–water partition coefficient (Wildman–Crippen LogP) is 12.5. The van der Waals surface area contributed by atoms with E-state index in [0.29, 0.717) is 124 Å². The number of oxime groups is 1. The van der Waals surface area contributed by atoms with Crippen LogP contribution in [0.5, 0.6) is 11.5 Å². The highest BCUT2D eigenvalue weighted by molar-refractivity contribution is 6.01. The van der Waals surface area contributed by atoms with Gasteiger partial charge in [-0.15, -0.1) is 6.42 Å². The molecule has 2 N–H and O–H groups in total. The number of amides is 3. The van der Waals surface area contributed by atoms with Gasteiger partial charge in [0.15, 0.2) is 17.3 Å². The van der Waals surface area contributed by atoms with Crippen LogP contribution in [0.2, 0.25) is 0 Å². The Morgan fingerprint density at radius 2 is 0.955 bits per heavy atom. The minimum atomic E-state index is -1.00. The number of carbonyl (C=O) groups is 8. The minimum Gasteiger partial charge on any atom is -0.491 e. The molecule has 0 saturated carbocycles. The number of carboxylic acid groups (broad SMARTS) is 1. The molecule has 0 aliphatic carbocycles. The summed E-state index contributed by atoms with van der Waals surface area (Å²) < 4.78 is 90.8. The van der Waals surface area contributed by atoms with Crippen LogP contribution in [0.15, 0.2) is 149 Å². The van der Waals surface area contributed by atoms with Crippen molar-refractivity contribution in [3.05, 3.63) is 190 Å². The Balaban J connectivity index is 0.000000177. The number of hydrogen-bond acceptors (Lipinski definition) is 27. The van der Waals surface area contributed by atoms with Crippen molar-refractivity contribution in [1.82, 2.24) is 53.8 Å². The van der Waals surface area contributed by atoms with E-state index in [1.54, 1.807) is 88.7 Å². The van der Waals surface area contributed by atoms with Gasteiger partial charge in [-0.3, -0.25) is 52.5 Å². The Bertz CT molecular complexity index is 5380. The van der Waals surface area contributed by atoms with Gasteiger partial charge in [0.25, 0.3) is 17.7 Å². The molecule has 6 aromatic carbocycles. The van der Waals surface area contributed by atoms with Gasteiger partial charge in [0.2, 0.25) is 0 Å². The second-order valence-corrected chi connectivity index (χ2v) is 34.1. The number of piperazine rings is 3. The Kier molecular flexibility index (Phi) is 38.1. The van der Waals surface area contributed by atoms with Crippen molar-refractivity contribution in [1.29, 1.82) is 0 Å². The number of carboxylic acids is 1. The molecule has 0 radical (unpaired) electrons. The lowest BCUT2D eigenvalue weighted by molar-refractivity contribution is -0.0746. The smallest absolute Gasteiger partial charge is 0.435 e. The number of methoxy groups -OCH3 is 2. The van der Waals surface area contributed by atoms with Crippen molar-refractivity contribution in [2.24, 2.45) is 5.16 Å². The SMILES string of the molecule is C.C#Cc1nn(C(=O)OC(C)(C)C)c2cc(OCCOC)c(F)cc12.C1CCN(C2COC2)CC1.COCCOc1ccc2c(-c3cc(-c4ccc(C(=O)N5CCN(C6COC6)CC5)cc4)no3)cn(C(=O)OC(C)(C)C)c2c1.O=C(c1ccc(/C=N/O)cc1)N1CCN(C2COC2)CC1.O=Cc1ccc(C(=O)N2CCN(C3COC3)CC2)cc1.O=Cc1ccc(C(=O)O)cc1.[2H]CF. The first-order valence-corrected chi connectivity index (χ1v) is 43.9. The third kappa shape index (κ3) is 28.7. The van der Waals surface area contributed by atoms with E-state index in [2.05, 4.69) is 40.9 Å². The zero-order valence-electron chi connectivity index (χ0n) is 76.9. The van der Waals surface area contributed by atoms with Gasteiger partial charge in [-0.1, -0.05) is 72.7 Å². The summed E-state index contributed by atoms with van der Waals surface area (Å²) in [6, 6.07) is 39.3. The van der Waals surface area contributed by atoms with Crippen LogP contribution in [0.25, 0.3) is 44.4 Å². The third-order valence-electron chi connectivity index (χ3n) is 22.8. The Morgan fingerprint density at radius 1 is 0.534 bits per heavy atom. The number of hydrogen-bond donors (Lipinski definition) is 2. The Hall–Kier alpha value is -12.2. The van der Waals surface area contributed by atoms with E-state index < -0.39 is 42.3 Å². The molecule has 8 aliphatic rings. The summed E-state index contributed by atoms with van der Waals surface area (Å²) >= 11 is 0. The first-order valence-electron chi connectivity index (χ1n) is 44.6. The summed E-state index contributed by atoms with van der Waals surface area (Å²) in [4.78, 5) is 110. The zero-order valence-corrected chi connectivity index (χ0v) is 75.9. The molecule has 33 nitrogen and oxygen atoms in total. The average molecular weight is 1840 g/mol. The van der Waals surface area contributed by atoms with Crippen molar-refractivity contribution in [2.45, 2.75) is 104 Å². The highest BCUT2D eigenvalue weighted by atomic mass is 19.1. The van der Waals surface area contributed by atoms with E-state index in [1.165, 1.54) is 86.6 Å². The maximum Gasteiger partial charge on any atom is 0.435 e. The van der Waals surface area contributed by atoms with Crippen LogP contribution in [0.1, 0.15) is 143 Å². The fourth-order valence-corrected chi connectivity index (χ4v) is 15.2. The lowest BCUT2D eigenvalue weighted by Gasteiger charge is -2.42. The van der Waals surface area contributed by atoms with Crippen molar-refractivity contribution < 1.29 is 111 Å². The van der Waals surface area contributed by atoms with Crippen LogP contribution < -0.4 is 9.47 Å². The number of rotatable bonds is 21. The molecule has 0 atom stereocenters. The van der Waals surface area contributed by atoms with Gasteiger partial charge < -0.3 is 76.9 Å². The minimum absolute atomic E-state index is 0. The summed E-state index contributed by atoms with van der Waals surface area (Å²) in [5.74, 6) is 1.98. The number of halogens is 2. The highest BCUT2D eigenvalue weighted by Gasteiger charge is 2.35. The van der Waals surface area contributed by atoms with Crippen LogP contribution >= 0.6 is 0 Å². The first-order chi connectivity index (χ1) is 64.1. The van der Waals surface area contributed by atoms with E-state index in [4.69, 9.17) is 70.0 Å². The fourth-order valence-electron chi connectivity index (χ4n) is 15.2. The molecular weight excluding hydrogens is 1720 g/mol. The highest BCUT2D eigenvalue weighted by Crippen LogP contribution is 2.37. The van der Waals surface area contributed by atoms with Crippen LogP contribution in [-0.4, -0.2) is 346 Å². The van der Waals surface area contributed by atoms with Gasteiger partial charge in [0.1, 0.15) is 54.1 Å². The van der Waals surface area contributed by atoms with Crippen LogP contribution in [0.3, 0.4) is 0 Å². The molecule has 35 heteroatoms. The molecule has 0 unspecified atom stereocenters. The molecule has 8 saturated heterocycles. The Labute approximate surface area is 774 Å². The predicted molar refractivity (Wildman–Crippen MR) is 495 cm³/mol. The van der Waals surface area contributed by atoms with Gasteiger partial charge >= 0.3 is 18.2 Å². The van der Waals surface area contributed by atoms with Crippen molar-refractivity contribution >= 4 is 76.5 Å². The van der Waals surface area contributed by atoms with Gasteiger partial charge in [-0.05, 0) is 146 Å². The van der Waals surface area contributed by atoms with Crippen LogP contribution in [0, 0.1) is 18.2 Å². The Morgan fingerprint density at radius 3 is 1.36 bits per heavy atom. The number of terminal acetylenes is 1. The lowest BCUT2D eigenvalue weighted by Crippen LogP contribution is -2.57. The van der Waals surface area contributed by atoms with E-state index >= 15 is 0 Å². The van der Waals surface area contributed by atoms with Gasteiger partial charge in [-0.25, -0.2) is 18.8 Å². The fraction of sp³-hybridized carbons (Fsp3) is 0.459. The monoisotopic (exact) mass is 1840 g/mol. The summed E-state index contributed by atoms with van der Waals surface area (Å²) in [5, 5.41) is 29.4. The van der Waals surface area contributed by atoms with E-state index in [-0.39, 0.29) is 48.8 Å². The van der Waals surface area contributed by atoms with Gasteiger partial charge in [0, 0.05) is 167 Å². The number of aromatic nitrogens is 4. The number of carbonyl (C=O) groups excluding carboxylic acids is 7. The summed E-state index contributed by atoms with van der Waals surface area (Å²) in [6.07, 6.45) is 12.9. The summed E-state index contributed by atoms with van der Waals surface area (Å²) in [7, 11) is 2.13. The van der Waals surface area contributed by atoms with Crippen molar-refractivity contribution in [3.8, 4) is 46.4 Å². The largest absolute Gasteiger partial charge is 0.491 e. The standard InChI is InChI=1S/C33H38N4O7.C17H19FN2O4.C15H19N3O3.C15H18N2O3.C8H15NO.C8H6O3.CH3F.CH4/c1-33(2,3)43-32(39)37-19-27(26-10-9-25(17-29(26)37)42-16-15-40-4)30-18-28(34-44-30)22-5-7-23(8-6-22)31(38)36-13-11-35(12-14-36)24-20-41-21-24;1-6-13-11-9-12(18)15(23-8-7-22-5)10-14(11)20(19-13)16(21)24-17(2,3)4;19-15(13-3-1-12(2-4-13)9-16-20)18-7-5-17(6-8-18)14-10-21-11-14;18-9-12-1-3-13(4-2-12)15(19)17-7-5-16(6-8-17)14-10-20-11-14;1-2-4-9(5-3-1)8-6-10-7-8;9-5-6-1-3-7(4-2-6)8(10)11;1-2;/h5-10,17-19,24H,11-16,20-21H2,1-4H3;1,9-10H,7-8H2,2-5H3;1-4,9,14,20H,5-8,10-11H2;1-4,9,14H,5-8,10-11H2;8H,1-7H2;1-5H,(H,10,11);1H3;1H4/b;;16-9+;;;;;/i;;;;;;1D;. The number of aldehydes is 2. The van der Waals surface area contributed by atoms with Gasteiger partial charge in [-0.2, -0.15) is 9.78 Å². The van der Waals surface area contributed by atoms with E-state index in [9.17, 15) is 47.1 Å². The number of nitrogens with zero attached hydrogens (tertiary/aromatic N) is 12. The third-order valence-corrected chi connectivity index (χ3v) is 22.8. The van der Waals surface area contributed by atoms with Crippen molar-refractivity contribution in [2.75, 3.05) is 192 Å². The summed E-state index contributed by atoms with van der Waals surface area (Å²) in [6.45, 7) is 31.2. The zero-order chi connectivity index (χ0) is 95.1. The number of piperidine rings is 1. The summed E-state index contributed by atoms with van der Waals surface area (Å²) in [5.41, 5.74) is 5.82. The molecule has 0 spiro atoms. The number of likely N-dealkylation sites (tertiary alicyclic amines) is 1. The van der Waals surface area contributed by atoms with Crippen molar-refractivity contribution in [3.63, 3.8) is 0 Å². The maximum atomic E-state index is 14.2. The molecule has 133 heavy (non-hydrogen) atoms. The molecule has 3 aromatic heterocycles. The van der Waals surface area contributed by atoms with Crippen LogP contribution in [-0.2, 0) is 37.9 Å². The van der Waals surface area contributed by atoms with Gasteiger partial charge in [0.05, 0.1) is 122 Å². The molecule has 17 rings (SSSR count). The number of alkyl halides is 1. The molecule has 11 heterocycles. The molecule has 8 aliphatic heterocycles. The molecule has 0 bridgehead atoms. The molecule has 714 valence electrons. The maximum absolute atomic E-state index is 14.2.